The summed E-state index contributed by atoms with van der Waals surface area (Å²) in [6.45, 7) is -0.258. The lowest BCUT2D eigenvalue weighted by molar-refractivity contribution is -0.154. The van der Waals surface area contributed by atoms with Gasteiger partial charge in [0.2, 0.25) is 16.3 Å². The van der Waals surface area contributed by atoms with Crippen molar-refractivity contribution in [2.45, 2.75) is 30.4 Å². The van der Waals surface area contributed by atoms with Gasteiger partial charge >= 0.3 is 0 Å². The molecule has 1 aromatic rings. The first-order valence-corrected chi connectivity index (χ1v) is 12.2. The summed E-state index contributed by atoms with van der Waals surface area (Å²) in [6, 6.07) is 6.08. The van der Waals surface area contributed by atoms with Crippen molar-refractivity contribution in [3.8, 4) is 5.75 Å². The first-order chi connectivity index (χ1) is 15.3. The topological polar surface area (TPSA) is 106 Å². The van der Waals surface area contributed by atoms with Crippen LogP contribution in [-0.2, 0) is 24.3 Å². The average Bonchev–Trinajstić information content (AvgIpc) is 3.63. The molecule has 178 valence electrons. The SMILES string of the molecule is COc1ccc(S(=O)(=O)N(CCO)CCO[C@@H]2C[C@H](C3CC3)C=C(C(=O)N(C)C)O2)cc1. The zero-order valence-corrected chi connectivity index (χ0v) is 19.6. The number of methoxy groups -OCH3 is 1. The van der Waals surface area contributed by atoms with Crippen LogP contribution in [0.15, 0.2) is 41.0 Å². The van der Waals surface area contributed by atoms with E-state index in [0.717, 1.165) is 12.8 Å². The van der Waals surface area contributed by atoms with Crippen LogP contribution >= 0.6 is 0 Å². The number of amides is 1. The quantitative estimate of drug-likeness (QED) is 0.524. The molecule has 0 unspecified atom stereocenters. The zero-order chi connectivity index (χ0) is 23.3. The number of carbonyl (C=O) groups excluding carboxylic acids is 1. The molecule has 0 bridgehead atoms. The van der Waals surface area contributed by atoms with Crippen LogP contribution in [0.2, 0.25) is 0 Å². The lowest BCUT2D eigenvalue weighted by atomic mass is 9.96. The lowest BCUT2D eigenvalue weighted by Crippen LogP contribution is -2.38. The molecule has 9 nitrogen and oxygen atoms in total. The van der Waals surface area contributed by atoms with Crippen molar-refractivity contribution in [2.75, 3.05) is 47.5 Å². The molecular formula is C22H32N2O7S. The Morgan fingerprint density at radius 3 is 2.44 bits per heavy atom. The molecule has 2 aliphatic rings. The van der Waals surface area contributed by atoms with E-state index < -0.39 is 16.3 Å². The molecule has 32 heavy (non-hydrogen) atoms. The first kappa shape index (κ1) is 24.5. The van der Waals surface area contributed by atoms with Gasteiger partial charge in [0.05, 0.1) is 25.2 Å². The lowest BCUT2D eigenvalue weighted by Gasteiger charge is -2.30. The molecule has 1 saturated carbocycles. The summed E-state index contributed by atoms with van der Waals surface area (Å²) in [6.07, 6.45) is 4.15. The van der Waals surface area contributed by atoms with E-state index in [1.807, 2.05) is 6.08 Å². The second kappa shape index (κ2) is 10.7. The predicted octanol–water partition coefficient (Wildman–Crippen LogP) is 1.44. The Hall–Kier alpha value is -2.14. The Balaban J connectivity index is 1.63. The number of rotatable bonds is 11. The summed E-state index contributed by atoms with van der Waals surface area (Å²) in [4.78, 5) is 14.0. The summed E-state index contributed by atoms with van der Waals surface area (Å²) >= 11 is 0. The van der Waals surface area contributed by atoms with Crippen molar-refractivity contribution in [1.29, 1.82) is 0 Å². The number of aliphatic hydroxyl groups is 1. The van der Waals surface area contributed by atoms with E-state index in [9.17, 15) is 18.3 Å². The highest BCUT2D eigenvalue weighted by Gasteiger charge is 2.37. The smallest absolute Gasteiger partial charge is 0.288 e. The van der Waals surface area contributed by atoms with Crippen molar-refractivity contribution in [3.05, 3.63) is 36.1 Å². The van der Waals surface area contributed by atoms with Crippen molar-refractivity contribution in [3.63, 3.8) is 0 Å². The normalized spacial score (nSPS) is 21.1. The molecule has 1 amide bonds. The third-order valence-corrected chi connectivity index (χ3v) is 7.54. The monoisotopic (exact) mass is 468 g/mol. The Morgan fingerprint density at radius 1 is 1.19 bits per heavy atom. The summed E-state index contributed by atoms with van der Waals surface area (Å²) in [5, 5.41) is 9.39. The van der Waals surface area contributed by atoms with E-state index in [2.05, 4.69) is 0 Å². The van der Waals surface area contributed by atoms with Gasteiger partial charge in [0.25, 0.3) is 5.91 Å². The molecule has 2 atom stereocenters. The summed E-state index contributed by atoms with van der Waals surface area (Å²) in [5.74, 6) is 1.37. The Kier molecular flexibility index (Phi) is 8.16. The second-order valence-corrected chi connectivity index (χ2v) is 10.1. The van der Waals surface area contributed by atoms with E-state index in [-0.39, 0.29) is 48.8 Å². The van der Waals surface area contributed by atoms with Crippen LogP contribution < -0.4 is 4.74 Å². The zero-order valence-electron chi connectivity index (χ0n) is 18.8. The molecule has 0 aromatic heterocycles. The molecule has 1 fully saturated rings. The van der Waals surface area contributed by atoms with Crippen LogP contribution in [0.4, 0.5) is 0 Å². The second-order valence-electron chi connectivity index (χ2n) is 8.19. The number of ether oxygens (including phenoxy) is 3. The number of benzene rings is 1. The van der Waals surface area contributed by atoms with E-state index in [0.29, 0.717) is 18.1 Å². The number of carbonyl (C=O) groups is 1. The number of allylic oxidation sites excluding steroid dienone is 1. The van der Waals surface area contributed by atoms with Gasteiger partial charge in [0.15, 0.2) is 5.76 Å². The van der Waals surface area contributed by atoms with Gasteiger partial charge in [-0.15, -0.1) is 0 Å². The maximum Gasteiger partial charge on any atom is 0.288 e. The number of aliphatic hydroxyl groups excluding tert-OH is 1. The molecule has 3 rings (SSSR count). The van der Waals surface area contributed by atoms with E-state index in [1.54, 1.807) is 26.2 Å². The summed E-state index contributed by atoms with van der Waals surface area (Å²) < 4.78 is 43.9. The Labute approximate surface area is 189 Å². The van der Waals surface area contributed by atoms with E-state index in [4.69, 9.17) is 14.2 Å². The van der Waals surface area contributed by atoms with E-state index in [1.165, 1.54) is 28.4 Å². The summed E-state index contributed by atoms with van der Waals surface area (Å²) in [7, 11) is 1.02. The van der Waals surface area contributed by atoms with Crippen LogP contribution in [0.1, 0.15) is 19.3 Å². The van der Waals surface area contributed by atoms with Gasteiger partial charge in [-0.2, -0.15) is 4.31 Å². The third-order valence-electron chi connectivity index (χ3n) is 5.62. The molecule has 0 saturated heterocycles. The highest BCUT2D eigenvalue weighted by molar-refractivity contribution is 7.89. The maximum absolute atomic E-state index is 13.0. The van der Waals surface area contributed by atoms with Crippen LogP contribution in [-0.4, -0.2) is 82.4 Å². The van der Waals surface area contributed by atoms with Crippen molar-refractivity contribution in [2.24, 2.45) is 11.8 Å². The fraction of sp³-hybridized carbons (Fsp3) is 0.591. The standard InChI is InChI=1S/C22H32N2O7S/c1-23(2)22(26)20-14-17(16-4-5-16)15-21(31-20)30-13-11-24(10-12-25)32(27,28)19-8-6-18(29-3)7-9-19/h6-9,14,16-17,21,25H,4-5,10-13,15H2,1-3H3/t17-,21+/m1/s1. The third kappa shape index (κ3) is 6.00. The highest BCUT2D eigenvalue weighted by atomic mass is 32.2. The predicted molar refractivity (Wildman–Crippen MR) is 117 cm³/mol. The molecule has 0 radical (unpaired) electrons. The minimum Gasteiger partial charge on any atom is -0.497 e. The first-order valence-electron chi connectivity index (χ1n) is 10.7. The van der Waals surface area contributed by atoms with Crippen LogP contribution in [0.3, 0.4) is 0 Å². The van der Waals surface area contributed by atoms with Crippen molar-refractivity contribution < 1.29 is 32.5 Å². The minimum atomic E-state index is -3.82. The molecule has 0 spiro atoms. The van der Waals surface area contributed by atoms with E-state index >= 15 is 0 Å². The van der Waals surface area contributed by atoms with Gasteiger partial charge in [0.1, 0.15) is 5.75 Å². The molecule has 1 aromatic carbocycles. The molecule has 1 aliphatic heterocycles. The highest BCUT2D eigenvalue weighted by Crippen LogP contribution is 2.42. The van der Waals surface area contributed by atoms with Gasteiger partial charge in [-0.05, 0) is 55.0 Å². The molecular weight excluding hydrogens is 436 g/mol. The van der Waals surface area contributed by atoms with Crippen molar-refractivity contribution in [1.82, 2.24) is 9.21 Å². The molecule has 10 heteroatoms. The number of likely N-dealkylation sites (N-methyl/N-ethyl adjacent to an activating group) is 1. The van der Waals surface area contributed by atoms with Gasteiger partial charge in [-0.25, -0.2) is 8.42 Å². The number of hydrogen-bond acceptors (Lipinski definition) is 7. The number of nitrogens with zero attached hydrogens (tertiary/aromatic N) is 2. The van der Waals surface area contributed by atoms with Crippen LogP contribution in [0.5, 0.6) is 5.75 Å². The molecule has 1 N–H and O–H groups in total. The number of hydrogen-bond donors (Lipinski definition) is 1. The van der Waals surface area contributed by atoms with Gasteiger partial charge in [-0.3, -0.25) is 4.79 Å². The fourth-order valence-electron chi connectivity index (χ4n) is 3.66. The Bertz CT molecular complexity index is 911. The van der Waals surface area contributed by atoms with Crippen molar-refractivity contribution >= 4 is 15.9 Å². The Morgan fingerprint density at radius 2 is 1.88 bits per heavy atom. The van der Waals surface area contributed by atoms with Crippen LogP contribution in [0, 0.1) is 11.8 Å². The van der Waals surface area contributed by atoms with Gasteiger partial charge < -0.3 is 24.2 Å². The maximum atomic E-state index is 13.0. The number of sulfonamides is 1. The fourth-order valence-corrected chi connectivity index (χ4v) is 5.07. The van der Waals surface area contributed by atoms with Gasteiger partial charge in [-0.1, -0.05) is 0 Å². The molecule has 1 aliphatic carbocycles. The van der Waals surface area contributed by atoms with Crippen LogP contribution in [0.25, 0.3) is 0 Å². The largest absolute Gasteiger partial charge is 0.497 e. The summed E-state index contributed by atoms with van der Waals surface area (Å²) in [5.41, 5.74) is 0. The molecule has 1 heterocycles. The minimum absolute atomic E-state index is 0.0452. The average molecular weight is 469 g/mol. The van der Waals surface area contributed by atoms with Gasteiger partial charge in [0, 0.05) is 33.6 Å².